The molecule has 0 spiro atoms. The smallest absolute Gasteiger partial charge is 0.274 e. The Hall–Kier alpha value is -3.14. The second-order valence-electron chi connectivity index (χ2n) is 5.59. The van der Waals surface area contributed by atoms with E-state index in [0.717, 1.165) is 16.9 Å². The molecule has 0 fully saturated rings. The van der Waals surface area contributed by atoms with E-state index >= 15 is 0 Å². The summed E-state index contributed by atoms with van der Waals surface area (Å²) in [6, 6.07) is 21.4. The highest BCUT2D eigenvalue weighted by Gasteiger charge is 2.08. The maximum absolute atomic E-state index is 12.4. The number of nitrogens with zero attached hydrogens (tertiary/aromatic N) is 1. The number of benzene rings is 2. The fraction of sp³-hybridized carbons (Fsp3) is 0.100. The van der Waals surface area contributed by atoms with Gasteiger partial charge in [0.1, 0.15) is 5.69 Å². The fourth-order valence-corrected chi connectivity index (χ4v) is 2.38. The Morgan fingerprint density at radius 2 is 1.79 bits per heavy atom. The van der Waals surface area contributed by atoms with Gasteiger partial charge in [0.05, 0.1) is 0 Å². The molecule has 0 radical (unpaired) electrons. The third kappa shape index (κ3) is 4.20. The van der Waals surface area contributed by atoms with Crippen molar-refractivity contribution < 1.29 is 4.79 Å². The Kier molecular flexibility index (Phi) is 4.87. The van der Waals surface area contributed by atoms with Crippen molar-refractivity contribution in [3.8, 4) is 0 Å². The molecule has 24 heavy (non-hydrogen) atoms. The molecule has 0 aliphatic heterocycles. The highest BCUT2D eigenvalue weighted by Crippen LogP contribution is 2.14. The van der Waals surface area contributed by atoms with Crippen LogP contribution in [0.4, 0.5) is 11.4 Å². The van der Waals surface area contributed by atoms with E-state index in [1.165, 1.54) is 5.56 Å². The first-order valence-corrected chi connectivity index (χ1v) is 7.82. The minimum Gasteiger partial charge on any atom is -0.381 e. The third-order valence-corrected chi connectivity index (χ3v) is 3.61. The molecule has 1 heterocycles. The predicted octanol–water partition coefficient (Wildman–Crippen LogP) is 4.25. The molecule has 3 aromatic rings. The van der Waals surface area contributed by atoms with E-state index in [-0.39, 0.29) is 5.91 Å². The molecule has 2 aromatic carbocycles. The summed E-state index contributed by atoms with van der Waals surface area (Å²) in [5.41, 5.74) is 4.29. The number of hydrogen-bond acceptors (Lipinski definition) is 3. The van der Waals surface area contributed by atoms with Crippen LogP contribution in [0.3, 0.4) is 0 Å². The van der Waals surface area contributed by atoms with Gasteiger partial charge in [0.15, 0.2) is 0 Å². The first-order valence-electron chi connectivity index (χ1n) is 7.82. The van der Waals surface area contributed by atoms with Crippen LogP contribution in [0.2, 0.25) is 0 Å². The SMILES string of the molecule is Cc1cccc(NC(=O)c2cc(NCc3ccccc3)ccn2)c1. The van der Waals surface area contributed by atoms with Crippen LogP contribution in [0, 0.1) is 6.92 Å². The van der Waals surface area contributed by atoms with Gasteiger partial charge in [-0.15, -0.1) is 0 Å². The Labute approximate surface area is 141 Å². The van der Waals surface area contributed by atoms with Gasteiger partial charge in [-0.25, -0.2) is 0 Å². The lowest BCUT2D eigenvalue weighted by molar-refractivity contribution is 0.102. The summed E-state index contributed by atoms with van der Waals surface area (Å²) in [4.78, 5) is 16.5. The molecule has 2 N–H and O–H groups in total. The molecule has 0 aliphatic carbocycles. The van der Waals surface area contributed by atoms with Crippen LogP contribution >= 0.6 is 0 Å². The number of hydrogen-bond donors (Lipinski definition) is 2. The van der Waals surface area contributed by atoms with Gasteiger partial charge in [-0.1, -0.05) is 42.5 Å². The van der Waals surface area contributed by atoms with E-state index in [1.807, 2.05) is 55.5 Å². The highest BCUT2D eigenvalue weighted by molar-refractivity contribution is 6.03. The minimum absolute atomic E-state index is 0.219. The number of pyridine rings is 1. The zero-order chi connectivity index (χ0) is 16.8. The van der Waals surface area contributed by atoms with Crippen molar-refractivity contribution in [3.05, 3.63) is 89.7 Å². The van der Waals surface area contributed by atoms with Gasteiger partial charge in [-0.05, 0) is 42.3 Å². The molecule has 0 aliphatic rings. The molecule has 0 bridgehead atoms. The van der Waals surface area contributed by atoms with Crippen molar-refractivity contribution in [1.82, 2.24) is 4.98 Å². The van der Waals surface area contributed by atoms with E-state index < -0.39 is 0 Å². The van der Waals surface area contributed by atoms with Gasteiger partial charge in [-0.2, -0.15) is 0 Å². The average Bonchev–Trinajstić information content (AvgIpc) is 2.61. The van der Waals surface area contributed by atoms with Crippen LogP contribution in [0.25, 0.3) is 0 Å². The lowest BCUT2D eigenvalue weighted by atomic mass is 10.2. The number of nitrogens with one attached hydrogen (secondary N) is 2. The van der Waals surface area contributed by atoms with E-state index in [0.29, 0.717) is 12.2 Å². The first-order chi connectivity index (χ1) is 11.7. The number of rotatable bonds is 5. The fourth-order valence-electron chi connectivity index (χ4n) is 2.38. The topological polar surface area (TPSA) is 54.0 Å². The number of aryl methyl sites for hydroxylation is 1. The summed E-state index contributed by atoms with van der Waals surface area (Å²) >= 11 is 0. The highest BCUT2D eigenvalue weighted by atomic mass is 16.1. The van der Waals surface area contributed by atoms with E-state index in [2.05, 4.69) is 27.8 Å². The molecule has 0 atom stereocenters. The van der Waals surface area contributed by atoms with E-state index in [1.54, 1.807) is 12.3 Å². The molecule has 4 heteroatoms. The minimum atomic E-state index is -0.219. The maximum atomic E-state index is 12.4. The Bertz CT molecular complexity index is 831. The number of amides is 1. The molecule has 120 valence electrons. The van der Waals surface area contributed by atoms with Crippen molar-refractivity contribution in [1.29, 1.82) is 0 Å². The number of anilines is 2. The van der Waals surface area contributed by atoms with Gasteiger partial charge in [0.2, 0.25) is 0 Å². The Morgan fingerprint density at radius 1 is 0.958 bits per heavy atom. The molecular formula is C20H19N3O. The van der Waals surface area contributed by atoms with Crippen LogP contribution in [-0.2, 0) is 6.54 Å². The summed E-state index contributed by atoms with van der Waals surface area (Å²) in [6.07, 6.45) is 1.64. The molecule has 1 amide bonds. The molecule has 3 rings (SSSR count). The second kappa shape index (κ2) is 7.42. The average molecular weight is 317 g/mol. The van der Waals surface area contributed by atoms with E-state index in [4.69, 9.17) is 0 Å². The number of carbonyl (C=O) groups excluding carboxylic acids is 1. The van der Waals surface area contributed by atoms with Gasteiger partial charge in [-0.3, -0.25) is 9.78 Å². The number of carbonyl (C=O) groups is 1. The molecule has 1 aromatic heterocycles. The van der Waals surface area contributed by atoms with Crippen molar-refractivity contribution in [2.24, 2.45) is 0 Å². The van der Waals surface area contributed by atoms with Gasteiger partial charge in [0, 0.05) is 24.1 Å². The lowest BCUT2D eigenvalue weighted by Crippen LogP contribution is -2.14. The van der Waals surface area contributed by atoms with E-state index in [9.17, 15) is 4.79 Å². The van der Waals surface area contributed by atoms with Gasteiger partial charge >= 0.3 is 0 Å². The Balaban J connectivity index is 1.67. The summed E-state index contributed by atoms with van der Waals surface area (Å²) in [6.45, 7) is 2.69. The van der Waals surface area contributed by atoms with Crippen molar-refractivity contribution in [2.45, 2.75) is 13.5 Å². The Morgan fingerprint density at radius 3 is 2.58 bits per heavy atom. The maximum Gasteiger partial charge on any atom is 0.274 e. The first kappa shape index (κ1) is 15.7. The van der Waals surface area contributed by atoms with Crippen LogP contribution in [-0.4, -0.2) is 10.9 Å². The summed E-state index contributed by atoms with van der Waals surface area (Å²) < 4.78 is 0. The largest absolute Gasteiger partial charge is 0.381 e. The summed E-state index contributed by atoms with van der Waals surface area (Å²) in [5, 5.41) is 6.18. The van der Waals surface area contributed by atoms with Crippen LogP contribution in [0.15, 0.2) is 72.9 Å². The zero-order valence-electron chi connectivity index (χ0n) is 13.5. The molecule has 0 saturated carbocycles. The second-order valence-corrected chi connectivity index (χ2v) is 5.59. The van der Waals surface area contributed by atoms with Gasteiger partial charge < -0.3 is 10.6 Å². The quantitative estimate of drug-likeness (QED) is 0.739. The summed E-state index contributed by atoms with van der Waals surface area (Å²) in [5.74, 6) is -0.219. The molecular weight excluding hydrogens is 298 g/mol. The molecule has 4 nitrogen and oxygen atoms in total. The standard InChI is InChI=1S/C20H19N3O/c1-15-6-5-9-18(12-15)23-20(24)19-13-17(10-11-21-19)22-14-16-7-3-2-4-8-16/h2-13H,14H2,1H3,(H,21,22)(H,23,24). The van der Waals surface area contributed by atoms with Crippen LogP contribution in [0.1, 0.15) is 21.6 Å². The van der Waals surface area contributed by atoms with Crippen molar-refractivity contribution in [3.63, 3.8) is 0 Å². The summed E-state index contributed by atoms with van der Waals surface area (Å²) in [7, 11) is 0. The molecule has 0 saturated heterocycles. The third-order valence-electron chi connectivity index (χ3n) is 3.61. The van der Waals surface area contributed by atoms with Crippen LogP contribution < -0.4 is 10.6 Å². The zero-order valence-corrected chi connectivity index (χ0v) is 13.5. The van der Waals surface area contributed by atoms with Gasteiger partial charge in [0.25, 0.3) is 5.91 Å². The van der Waals surface area contributed by atoms with Crippen molar-refractivity contribution in [2.75, 3.05) is 10.6 Å². The molecule has 0 unspecified atom stereocenters. The normalized spacial score (nSPS) is 10.2. The predicted molar refractivity (Wildman–Crippen MR) is 97.1 cm³/mol. The van der Waals surface area contributed by atoms with Crippen LogP contribution in [0.5, 0.6) is 0 Å². The number of aromatic nitrogens is 1. The van der Waals surface area contributed by atoms with Crippen molar-refractivity contribution >= 4 is 17.3 Å². The monoisotopic (exact) mass is 317 g/mol. The lowest BCUT2D eigenvalue weighted by Gasteiger charge is -2.09.